The van der Waals surface area contributed by atoms with E-state index in [1.165, 1.54) is 17.9 Å². The number of hydrogen-bond acceptors (Lipinski definition) is 6. The molecule has 29 heavy (non-hydrogen) atoms. The van der Waals surface area contributed by atoms with Gasteiger partial charge in [-0.15, -0.1) is 11.3 Å². The lowest BCUT2D eigenvalue weighted by atomic mass is 9.96. The highest BCUT2D eigenvalue weighted by Crippen LogP contribution is 2.22. The Labute approximate surface area is 175 Å². The Bertz CT molecular complexity index is 838. The summed E-state index contributed by atoms with van der Waals surface area (Å²) in [5.41, 5.74) is 5.40. The molecule has 0 aromatic carbocycles. The predicted octanol–water partition coefficient (Wildman–Crippen LogP) is 0.422. The highest BCUT2D eigenvalue weighted by Gasteiger charge is 2.37. The quantitative estimate of drug-likeness (QED) is 0.533. The SMILES string of the molecule is CC(=O)N1CCC(NS(=O)(=O)c2cccs2)CC1C(=O)NC(CC(C)C)C(N)=O. The van der Waals surface area contributed by atoms with Gasteiger partial charge >= 0.3 is 0 Å². The van der Waals surface area contributed by atoms with Crippen molar-refractivity contribution in [3.8, 4) is 0 Å². The molecule has 1 fully saturated rings. The summed E-state index contributed by atoms with van der Waals surface area (Å²) < 4.78 is 27.8. The van der Waals surface area contributed by atoms with Crippen LogP contribution in [0.1, 0.15) is 40.0 Å². The highest BCUT2D eigenvalue weighted by molar-refractivity contribution is 7.91. The topological polar surface area (TPSA) is 139 Å². The summed E-state index contributed by atoms with van der Waals surface area (Å²) in [7, 11) is -3.70. The maximum atomic E-state index is 12.9. The van der Waals surface area contributed by atoms with Gasteiger partial charge in [0.05, 0.1) is 0 Å². The molecule has 1 aromatic rings. The maximum absolute atomic E-state index is 12.9. The third-order valence-corrected chi connectivity index (χ3v) is 7.68. The van der Waals surface area contributed by atoms with Crippen molar-refractivity contribution < 1.29 is 22.8 Å². The van der Waals surface area contributed by atoms with Crippen molar-refractivity contribution in [2.24, 2.45) is 11.7 Å². The van der Waals surface area contributed by atoms with Crippen LogP contribution >= 0.6 is 11.3 Å². The first-order valence-electron chi connectivity index (χ1n) is 9.44. The van der Waals surface area contributed by atoms with Gasteiger partial charge in [-0.05, 0) is 36.6 Å². The zero-order chi connectivity index (χ0) is 21.8. The Balaban J connectivity index is 2.14. The van der Waals surface area contributed by atoms with Crippen LogP contribution in [0.5, 0.6) is 0 Å². The van der Waals surface area contributed by atoms with Crippen LogP contribution in [-0.2, 0) is 24.4 Å². The van der Waals surface area contributed by atoms with Crippen LogP contribution in [0.25, 0.3) is 0 Å². The van der Waals surface area contributed by atoms with E-state index in [1.807, 2.05) is 13.8 Å². The molecule has 3 amide bonds. The van der Waals surface area contributed by atoms with Crippen LogP contribution in [0, 0.1) is 5.92 Å². The zero-order valence-electron chi connectivity index (χ0n) is 16.8. The van der Waals surface area contributed by atoms with Gasteiger partial charge in [0.2, 0.25) is 27.7 Å². The van der Waals surface area contributed by atoms with Crippen LogP contribution in [0.15, 0.2) is 21.7 Å². The van der Waals surface area contributed by atoms with Crippen molar-refractivity contribution in [1.82, 2.24) is 14.9 Å². The van der Waals surface area contributed by atoms with E-state index in [0.717, 1.165) is 11.3 Å². The van der Waals surface area contributed by atoms with Crippen LogP contribution in [-0.4, -0.2) is 55.7 Å². The highest BCUT2D eigenvalue weighted by atomic mass is 32.2. The fourth-order valence-corrected chi connectivity index (χ4v) is 5.67. The first kappa shape index (κ1) is 23.3. The number of amides is 3. The summed E-state index contributed by atoms with van der Waals surface area (Å²) in [6.07, 6.45) is 0.880. The number of nitrogens with two attached hydrogens (primary N) is 1. The van der Waals surface area contributed by atoms with E-state index in [-0.39, 0.29) is 29.0 Å². The molecular formula is C18H28N4O5S2. The van der Waals surface area contributed by atoms with E-state index in [2.05, 4.69) is 10.0 Å². The van der Waals surface area contributed by atoms with E-state index in [4.69, 9.17) is 5.73 Å². The van der Waals surface area contributed by atoms with Gasteiger partial charge in [-0.3, -0.25) is 14.4 Å². The number of piperidine rings is 1. The first-order chi connectivity index (χ1) is 13.5. The number of thiophene rings is 1. The molecule has 1 saturated heterocycles. The summed E-state index contributed by atoms with van der Waals surface area (Å²) in [6, 6.07) is 0.911. The largest absolute Gasteiger partial charge is 0.368 e. The van der Waals surface area contributed by atoms with Gasteiger partial charge in [-0.1, -0.05) is 19.9 Å². The van der Waals surface area contributed by atoms with Crippen LogP contribution < -0.4 is 15.8 Å². The molecule has 11 heteroatoms. The van der Waals surface area contributed by atoms with Gasteiger partial charge in [-0.2, -0.15) is 0 Å². The third kappa shape index (κ3) is 6.25. The average Bonchev–Trinajstić information content (AvgIpc) is 3.15. The molecular weight excluding hydrogens is 416 g/mol. The van der Waals surface area contributed by atoms with Crippen molar-refractivity contribution in [2.75, 3.05) is 6.54 Å². The number of rotatable bonds is 8. The number of primary amides is 1. The Hall–Kier alpha value is -1.98. The van der Waals surface area contributed by atoms with Crippen LogP contribution in [0.2, 0.25) is 0 Å². The lowest BCUT2D eigenvalue weighted by molar-refractivity contribution is -0.142. The summed E-state index contributed by atoms with van der Waals surface area (Å²) in [5.74, 6) is -1.31. The second-order valence-electron chi connectivity index (χ2n) is 7.60. The van der Waals surface area contributed by atoms with Crippen LogP contribution in [0.4, 0.5) is 0 Å². The minimum absolute atomic E-state index is 0.114. The number of likely N-dealkylation sites (tertiary alicyclic amines) is 1. The van der Waals surface area contributed by atoms with Gasteiger partial charge in [-0.25, -0.2) is 13.1 Å². The maximum Gasteiger partial charge on any atom is 0.250 e. The lowest BCUT2D eigenvalue weighted by Crippen LogP contribution is -2.59. The second-order valence-corrected chi connectivity index (χ2v) is 10.5. The molecule has 1 aliphatic heterocycles. The molecule has 4 N–H and O–H groups in total. The Morgan fingerprint density at radius 1 is 1.34 bits per heavy atom. The summed E-state index contributed by atoms with van der Waals surface area (Å²) >= 11 is 1.10. The minimum Gasteiger partial charge on any atom is -0.368 e. The molecule has 162 valence electrons. The van der Waals surface area contributed by atoms with E-state index in [0.29, 0.717) is 12.8 Å². The number of nitrogens with one attached hydrogen (secondary N) is 2. The van der Waals surface area contributed by atoms with Crippen LogP contribution in [0.3, 0.4) is 0 Å². The van der Waals surface area contributed by atoms with E-state index in [1.54, 1.807) is 11.4 Å². The third-order valence-electron chi connectivity index (χ3n) is 4.76. The molecule has 3 atom stereocenters. The van der Waals surface area contributed by atoms with E-state index in [9.17, 15) is 22.8 Å². The summed E-state index contributed by atoms with van der Waals surface area (Å²) in [4.78, 5) is 38.0. The molecule has 2 rings (SSSR count). The number of hydrogen-bond donors (Lipinski definition) is 3. The average molecular weight is 445 g/mol. The zero-order valence-corrected chi connectivity index (χ0v) is 18.4. The summed E-state index contributed by atoms with van der Waals surface area (Å²) in [6.45, 7) is 5.40. The normalized spacial score (nSPS) is 21.0. The van der Waals surface area contributed by atoms with Crippen molar-refractivity contribution in [1.29, 1.82) is 0 Å². The molecule has 0 radical (unpaired) electrons. The Kier molecular flexibility index (Phi) is 7.78. The molecule has 0 saturated carbocycles. The molecule has 1 aromatic heterocycles. The molecule has 1 aliphatic rings. The predicted molar refractivity (Wildman–Crippen MR) is 109 cm³/mol. The van der Waals surface area contributed by atoms with E-state index >= 15 is 0 Å². The monoisotopic (exact) mass is 444 g/mol. The molecule has 9 nitrogen and oxygen atoms in total. The van der Waals surface area contributed by atoms with Crippen molar-refractivity contribution in [3.05, 3.63) is 17.5 Å². The molecule has 0 aliphatic carbocycles. The van der Waals surface area contributed by atoms with Crippen molar-refractivity contribution in [2.45, 2.75) is 62.4 Å². The second kappa shape index (κ2) is 9.68. The molecule has 0 bridgehead atoms. The Morgan fingerprint density at radius 2 is 2.03 bits per heavy atom. The summed E-state index contributed by atoms with van der Waals surface area (Å²) in [5, 5.41) is 4.30. The number of nitrogens with zero attached hydrogens (tertiary/aromatic N) is 1. The number of carbonyl (C=O) groups is 3. The number of carbonyl (C=O) groups excluding carboxylic acids is 3. The fourth-order valence-electron chi connectivity index (χ4n) is 3.38. The van der Waals surface area contributed by atoms with Crippen molar-refractivity contribution >= 4 is 39.1 Å². The van der Waals surface area contributed by atoms with E-state index < -0.39 is 40.0 Å². The molecule has 0 spiro atoms. The van der Waals surface area contributed by atoms with Gasteiger partial charge in [0.1, 0.15) is 16.3 Å². The molecule has 3 unspecified atom stereocenters. The molecule has 2 heterocycles. The van der Waals surface area contributed by atoms with Gasteiger partial charge in [0.25, 0.3) is 0 Å². The van der Waals surface area contributed by atoms with Crippen molar-refractivity contribution in [3.63, 3.8) is 0 Å². The van der Waals surface area contributed by atoms with Gasteiger partial charge < -0.3 is 16.0 Å². The smallest absolute Gasteiger partial charge is 0.250 e. The standard InChI is InChI=1S/C18H28N4O5S2/c1-11(2)9-14(17(19)24)20-18(25)15-10-13(6-7-22(15)12(3)23)21-29(26,27)16-5-4-8-28-16/h4-5,8,11,13-15,21H,6-7,9-10H2,1-3H3,(H2,19,24)(H,20,25). The van der Waals surface area contributed by atoms with Gasteiger partial charge in [0.15, 0.2) is 0 Å². The van der Waals surface area contributed by atoms with Gasteiger partial charge in [0, 0.05) is 19.5 Å². The fraction of sp³-hybridized carbons (Fsp3) is 0.611. The minimum atomic E-state index is -3.70. The first-order valence-corrected chi connectivity index (χ1v) is 11.8. The lowest BCUT2D eigenvalue weighted by Gasteiger charge is -2.38. The Morgan fingerprint density at radius 3 is 2.55 bits per heavy atom. The number of sulfonamides is 1.